The Kier molecular flexibility index (Phi) is 3.62. The molecule has 0 amide bonds. The first-order valence-corrected chi connectivity index (χ1v) is 7.11. The van der Waals surface area contributed by atoms with Crippen LogP contribution in [0.5, 0.6) is 0 Å². The molecule has 0 radical (unpaired) electrons. The maximum atomic E-state index is 13.7. The molecule has 102 valence electrons. The second kappa shape index (κ2) is 5.56. The number of hydrogen-bond donors (Lipinski definition) is 1. The quantitative estimate of drug-likeness (QED) is 0.798. The molecule has 5 heteroatoms. The summed E-state index contributed by atoms with van der Waals surface area (Å²) in [5.74, 6) is 0.396. The van der Waals surface area contributed by atoms with Gasteiger partial charge in [0.25, 0.3) is 0 Å². The normalized spacial score (nSPS) is 12.5. The number of aliphatic hydroxyl groups excluding tert-OH is 1. The van der Waals surface area contributed by atoms with Crippen molar-refractivity contribution in [3.8, 4) is 10.7 Å². The number of thiophene rings is 1. The number of imidazole rings is 1. The molecule has 0 aliphatic heterocycles. The van der Waals surface area contributed by atoms with Crippen LogP contribution >= 0.6 is 11.3 Å². The number of hydrogen-bond acceptors (Lipinski definition) is 3. The average Bonchev–Trinajstić information content (AvgIpc) is 3.09. The van der Waals surface area contributed by atoms with E-state index in [1.807, 2.05) is 22.1 Å². The van der Waals surface area contributed by atoms with Crippen LogP contribution in [0.25, 0.3) is 10.7 Å². The molecule has 0 saturated heterocycles. The summed E-state index contributed by atoms with van der Waals surface area (Å²) in [7, 11) is 0. The highest BCUT2D eigenvalue weighted by Crippen LogP contribution is 2.25. The Morgan fingerprint density at radius 3 is 2.85 bits per heavy atom. The van der Waals surface area contributed by atoms with E-state index >= 15 is 0 Å². The van der Waals surface area contributed by atoms with Gasteiger partial charge in [-0.15, -0.1) is 11.3 Å². The van der Waals surface area contributed by atoms with Gasteiger partial charge in [0.05, 0.1) is 17.5 Å². The molecular weight excluding hydrogens is 275 g/mol. The Labute approximate surface area is 120 Å². The van der Waals surface area contributed by atoms with Crippen LogP contribution in [-0.4, -0.2) is 14.7 Å². The van der Waals surface area contributed by atoms with Gasteiger partial charge in [-0.2, -0.15) is 0 Å². The standard InChI is InChI=1S/C15H13FN2OS/c16-12-5-2-1-4-11(12)13(19)10-18-8-7-17-15(18)14-6-3-9-20-14/h1-9,13,19H,10H2/t13-/m1/s1. The molecule has 1 atom stereocenters. The molecule has 0 fully saturated rings. The number of rotatable bonds is 4. The van der Waals surface area contributed by atoms with Crippen LogP contribution in [0, 0.1) is 5.82 Å². The monoisotopic (exact) mass is 288 g/mol. The molecule has 1 N–H and O–H groups in total. The van der Waals surface area contributed by atoms with Crippen LogP contribution in [0.2, 0.25) is 0 Å². The average molecular weight is 288 g/mol. The predicted octanol–water partition coefficient (Wildman–Crippen LogP) is 3.48. The predicted molar refractivity (Wildman–Crippen MR) is 76.9 cm³/mol. The van der Waals surface area contributed by atoms with Crippen molar-refractivity contribution in [3.05, 3.63) is 65.6 Å². The highest BCUT2D eigenvalue weighted by Gasteiger charge is 2.15. The lowest BCUT2D eigenvalue weighted by Gasteiger charge is -2.14. The summed E-state index contributed by atoms with van der Waals surface area (Å²) < 4.78 is 15.5. The van der Waals surface area contributed by atoms with Crippen LogP contribution in [-0.2, 0) is 6.54 Å². The molecule has 0 saturated carbocycles. The summed E-state index contributed by atoms with van der Waals surface area (Å²) >= 11 is 1.58. The van der Waals surface area contributed by atoms with Crippen molar-refractivity contribution in [1.29, 1.82) is 0 Å². The minimum atomic E-state index is -0.899. The topological polar surface area (TPSA) is 38.0 Å². The van der Waals surface area contributed by atoms with E-state index in [-0.39, 0.29) is 6.54 Å². The molecule has 20 heavy (non-hydrogen) atoms. The first kappa shape index (κ1) is 13.0. The van der Waals surface area contributed by atoms with Crippen LogP contribution in [0.3, 0.4) is 0 Å². The molecule has 2 aromatic heterocycles. The second-order valence-electron chi connectivity index (χ2n) is 4.42. The number of nitrogens with zero attached hydrogens (tertiary/aromatic N) is 2. The van der Waals surface area contributed by atoms with Gasteiger partial charge in [0.1, 0.15) is 11.6 Å². The third-order valence-electron chi connectivity index (χ3n) is 3.09. The Balaban J connectivity index is 1.86. The summed E-state index contributed by atoms with van der Waals surface area (Å²) in [6.07, 6.45) is 2.58. The van der Waals surface area contributed by atoms with E-state index < -0.39 is 11.9 Å². The Morgan fingerprint density at radius 2 is 2.10 bits per heavy atom. The molecule has 0 bridgehead atoms. The summed E-state index contributed by atoms with van der Waals surface area (Å²) in [4.78, 5) is 5.32. The highest BCUT2D eigenvalue weighted by molar-refractivity contribution is 7.13. The zero-order valence-electron chi connectivity index (χ0n) is 10.6. The summed E-state index contributed by atoms with van der Waals surface area (Å²) in [5, 5.41) is 12.2. The van der Waals surface area contributed by atoms with Crippen LogP contribution < -0.4 is 0 Å². The lowest BCUT2D eigenvalue weighted by Crippen LogP contribution is -2.10. The zero-order valence-corrected chi connectivity index (χ0v) is 11.4. The lowest BCUT2D eigenvalue weighted by atomic mass is 10.1. The van der Waals surface area contributed by atoms with Crippen LogP contribution in [0.4, 0.5) is 4.39 Å². The third kappa shape index (κ3) is 2.50. The van der Waals surface area contributed by atoms with Gasteiger partial charge in [-0.3, -0.25) is 0 Å². The van der Waals surface area contributed by atoms with Gasteiger partial charge in [-0.05, 0) is 17.5 Å². The molecule has 0 unspecified atom stereocenters. The fourth-order valence-corrected chi connectivity index (χ4v) is 2.85. The maximum Gasteiger partial charge on any atom is 0.150 e. The van der Waals surface area contributed by atoms with E-state index in [2.05, 4.69) is 4.98 Å². The largest absolute Gasteiger partial charge is 0.386 e. The van der Waals surface area contributed by atoms with Gasteiger partial charge in [-0.25, -0.2) is 9.37 Å². The number of aliphatic hydroxyl groups is 1. The summed E-state index contributed by atoms with van der Waals surface area (Å²) in [6, 6.07) is 10.2. The minimum absolute atomic E-state index is 0.272. The molecule has 3 rings (SSSR count). The molecule has 3 aromatic rings. The van der Waals surface area contributed by atoms with E-state index in [0.717, 1.165) is 10.7 Å². The van der Waals surface area contributed by atoms with Crippen molar-refractivity contribution < 1.29 is 9.50 Å². The first-order valence-electron chi connectivity index (χ1n) is 6.23. The van der Waals surface area contributed by atoms with Crippen molar-refractivity contribution in [3.63, 3.8) is 0 Å². The van der Waals surface area contributed by atoms with E-state index in [1.165, 1.54) is 6.07 Å². The Bertz CT molecular complexity index is 693. The number of aromatic nitrogens is 2. The molecular formula is C15H13FN2OS. The third-order valence-corrected chi connectivity index (χ3v) is 3.96. The van der Waals surface area contributed by atoms with Gasteiger partial charge >= 0.3 is 0 Å². The highest BCUT2D eigenvalue weighted by atomic mass is 32.1. The smallest absolute Gasteiger partial charge is 0.150 e. The molecule has 3 nitrogen and oxygen atoms in total. The van der Waals surface area contributed by atoms with Gasteiger partial charge in [0.15, 0.2) is 0 Å². The van der Waals surface area contributed by atoms with Crippen LogP contribution in [0.15, 0.2) is 54.2 Å². The van der Waals surface area contributed by atoms with Crippen molar-refractivity contribution >= 4 is 11.3 Å². The number of benzene rings is 1. The molecule has 0 aliphatic carbocycles. The Morgan fingerprint density at radius 1 is 1.25 bits per heavy atom. The van der Waals surface area contributed by atoms with Crippen molar-refractivity contribution in [2.45, 2.75) is 12.6 Å². The van der Waals surface area contributed by atoms with Crippen molar-refractivity contribution in [2.24, 2.45) is 0 Å². The van der Waals surface area contributed by atoms with E-state index in [9.17, 15) is 9.50 Å². The molecule has 1 aromatic carbocycles. The van der Waals surface area contributed by atoms with Crippen LogP contribution in [0.1, 0.15) is 11.7 Å². The van der Waals surface area contributed by atoms with Crippen molar-refractivity contribution in [1.82, 2.24) is 9.55 Å². The van der Waals surface area contributed by atoms with Gasteiger partial charge in [0, 0.05) is 18.0 Å². The Hall–Kier alpha value is -1.98. The summed E-state index contributed by atoms with van der Waals surface area (Å²) in [5.41, 5.74) is 0.304. The van der Waals surface area contributed by atoms with Gasteiger partial charge < -0.3 is 9.67 Å². The fraction of sp³-hybridized carbons (Fsp3) is 0.133. The molecule has 0 spiro atoms. The maximum absolute atomic E-state index is 13.7. The fourth-order valence-electron chi connectivity index (χ4n) is 2.12. The number of halogens is 1. The SMILES string of the molecule is O[C@H](Cn1ccnc1-c1cccs1)c1ccccc1F. The second-order valence-corrected chi connectivity index (χ2v) is 5.37. The zero-order chi connectivity index (χ0) is 13.9. The lowest BCUT2D eigenvalue weighted by molar-refractivity contribution is 0.152. The van der Waals surface area contributed by atoms with E-state index in [0.29, 0.717) is 5.56 Å². The van der Waals surface area contributed by atoms with Gasteiger partial charge in [-0.1, -0.05) is 24.3 Å². The molecule has 0 aliphatic rings. The van der Waals surface area contributed by atoms with E-state index in [1.54, 1.807) is 41.9 Å². The molecule has 2 heterocycles. The van der Waals surface area contributed by atoms with Crippen molar-refractivity contribution in [2.75, 3.05) is 0 Å². The van der Waals surface area contributed by atoms with E-state index in [4.69, 9.17) is 0 Å². The summed E-state index contributed by atoms with van der Waals surface area (Å²) in [6.45, 7) is 0.272. The van der Waals surface area contributed by atoms with Gasteiger partial charge in [0.2, 0.25) is 0 Å². The first-order chi connectivity index (χ1) is 9.75. The minimum Gasteiger partial charge on any atom is -0.386 e.